The highest BCUT2D eigenvalue weighted by molar-refractivity contribution is 7.07. The van der Waals surface area contributed by atoms with Crippen molar-refractivity contribution < 1.29 is 19.1 Å². The number of ether oxygens (including phenoxy) is 2. The fourth-order valence-corrected chi connectivity index (χ4v) is 2.49. The fraction of sp³-hybridized carbons (Fsp3) is 0.562. The Balaban J connectivity index is 2.64. The number of nitrogens with zero attached hydrogens (tertiary/aromatic N) is 2. The Morgan fingerprint density at radius 2 is 2.26 bits per heavy atom. The van der Waals surface area contributed by atoms with Gasteiger partial charge in [0.25, 0.3) is 0 Å². The second kappa shape index (κ2) is 10.9. The Hall–Kier alpha value is -1.73. The van der Waals surface area contributed by atoms with Crippen LogP contribution in [0.15, 0.2) is 17.0 Å². The topological polar surface area (TPSA) is 68.7 Å². The van der Waals surface area contributed by atoms with E-state index in [1.54, 1.807) is 23.4 Å². The summed E-state index contributed by atoms with van der Waals surface area (Å²) in [5.74, 6) is -0.843. The molecule has 0 unspecified atom stereocenters. The Labute approximate surface area is 141 Å². The second-order valence-electron chi connectivity index (χ2n) is 5.01. The molecule has 1 atom stereocenters. The number of rotatable bonds is 10. The number of hydrogen-bond acceptors (Lipinski definition) is 6. The molecule has 1 heterocycles. The molecule has 6 nitrogen and oxygen atoms in total. The monoisotopic (exact) mass is 340 g/mol. The lowest BCUT2D eigenvalue weighted by molar-refractivity contribution is -0.146. The van der Waals surface area contributed by atoms with Crippen LogP contribution in [0.5, 0.6) is 0 Å². The minimum Gasteiger partial charge on any atom is -0.469 e. The zero-order valence-electron chi connectivity index (χ0n) is 13.9. The third kappa shape index (κ3) is 7.38. The van der Waals surface area contributed by atoms with Gasteiger partial charge in [-0.25, -0.2) is 4.98 Å². The van der Waals surface area contributed by atoms with Crippen LogP contribution in [0.2, 0.25) is 0 Å². The maximum Gasteiger partial charge on any atom is 0.310 e. The van der Waals surface area contributed by atoms with Crippen LogP contribution in [0, 0.1) is 5.92 Å². The highest BCUT2D eigenvalue weighted by Gasteiger charge is 2.20. The summed E-state index contributed by atoms with van der Waals surface area (Å²) >= 11 is 1.47. The Kier molecular flexibility index (Phi) is 9.16. The summed E-state index contributed by atoms with van der Waals surface area (Å²) in [7, 11) is 1.35. The van der Waals surface area contributed by atoms with Crippen LogP contribution in [-0.2, 0) is 19.1 Å². The molecule has 0 saturated heterocycles. The molecule has 1 aromatic heterocycles. The minimum absolute atomic E-state index is 0.148. The van der Waals surface area contributed by atoms with E-state index in [1.165, 1.54) is 24.5 Å². The maximum absolute atomic E-state index is 12.4. The van der Waals surface area contributed by atoms with Crippen LogP contribution in [0.3, 0.4) is 0 Å². The van der Waals surface area contributed by atoms with E-state index in [1.807, 2.05) is 12.3 Å². The van der Waals surface area contributed by atoms with Crippen LogP contribution in [-0.4, -0.2) is 55.2 Å². The van der Waals surface area contributed by atoms with Gasteiger partial charge in [0.05, 0.1) is 24.2 Å². The molecule has 0 aromatic carbocycles. The summed E-state index contributed by atoms with van der Waals surface area (Å²) in [6, 6.07) is 0. The van der Waals surface area contributed by atoms with E-state index in [-0.39, 0.29) is 17.8 Å². The van der Waals surface area contributed by atoms with Crippen molar-refractivity contribution in [2.45, 2.75) is 20.3 Å². The van der Waals surface area contributed by atoms with Gasteiger partial charge in [0, 0.05) is 37.8 Å². The standard InChI is InChI=1S/C16H24N2O4S/c1-4-22-9-5-8-18(10-13(2)16(20)21-3)15(19)7-6-14-11-23-12-17-14/h6-7,11-13H,4-5,8-10H2,1-3H3/b7-6-/t13-/m1/s1. The molecule has 0 saturated carbocycles. The summed E-state index contributed by atoms with van der Waals surface area (Å²) in [6.07, 6.45) is 3.88. The molecule has 0 N–H and O–H groups in total. The molecular weight excluding hydrogens is 316 g/mol. The van der Waals surface area contributed by atoms with Crippen LogP contribution in [0.4, 0.5) is 0 Å². The predicted molar refractivity (Wildman–Crippen MR) is 90.0 cm³/mol. The third-order valence-electron chi connectivity index (χ3n) is 3.18. The Morgan fingerprint density at radius 3 is 2.87 bits per heavy atom. The summed E-state index contributed by atoms with van der Waals surface area (Å²) < 4.78 is 10.0. The lowest BCUT2D eigenvalue weighted by Crippen LogP contribution is -2.37. The highest BCUT2D eigenvalue weighted by Crippen LogP contribution is 2.07. The van der Waals surface area contributed by atoms with Crippen molar-refractivity contribution in [3.8, 4) is 0 Å². The van der Waals surface area contributed by atoms with Gasteiger partial charge >= 0.3 is 5.97 Å². The normalized spacial score (nSPS) is 12.3. The molecule has 0 spiro atoms. The van der Waals surface area contributed by atoms with E-state index in [4.69, 9.17) is 9.47 Å². The first-order valence-electron chi connectivity index (χ1n) is 7.59. The number of esters is 1. The SMILES string of the molecule is CCOCCCN(C[C@@H](C)C(=O)OC)C(=O)/C=C\c1cscn1. The first kappa shape index (κ1) is 19.3. The van der Waals surface area contributed by atoms with E-state index in [0.29, 0.717) is 26.3 Å². The lowest BCUT2D eigenvalue weighted by atomic mass is 10.1. The van der Waals surface area contributed by atoms with Crippen molar-refractivity contribution in [2.24, 2.45) is 5.92 Å². The van der Waals surface area contributed by atoms with Gasteiger partial charge in [-0.2, -0.15) is 0 Å². The van der Waals surface area contributed by atoms with Crippen LogP contribution < -0.4 is 0 Å². The van der Waals surface area contributed by atoms with Crippen molar-refractivity contribution in [2.75, 3.05) is 33.4 Å². The average molecular weight is 340 g/mol. The smallest absolute Gasteiger partial charge is 0.310 e. The Morgan fingerprint density at radius 1 is 1.48 bits per heavy atom. The van der Waals surface area contributed by atoms with Crippen molar-refractivity contribution in [3.63, 3.8) is 0 Å². The van der Waals surface area contributed by atoms with Gasteiger partial charge in [-0.15, -0.1) is 11.3 Å². The first-order chi connectivity index (χ1) is 11.1. The Bertz CT molecular complexity index is 502. The highest BCUT2D eigenvalue weighted by atomic mass is 32.1. The minimum atomic E-state index is -0.372. The van der Waals surface area contributed by atoms with Gasteiger partial charge in [-0.3, -0.25) is 9.59 Å². The largest absolute Gasteiger partial charge is 0.469 e. The summed E-state index contributed by atoms with van der Waals surface area (Å²) in [6.45, 7) is 5.76. The summed E-state index contributed by atoms with van der Waals surface area (Å²) in [5.41, 5.74) is 2.46. The number of hydrogen-bond donors (Lipinski definition) is 0. The van der Waals surface area contributed by atoms with Crippen LogP contribution in [0.1, 0.15) is 26.0 Å². The molecule has 23 heavy (non-hydrogen) atoms. The molecule has 1 rings (SSSR count). The van der Waals surface area contributed by atoms with Gasteiger partial charge in [0.1, 0.15) is 0 Å². The molecular formula is C16H24N2O4S. The van der Waals surface area contributed by atoms with Gasteiger partial charge in [-0.05, 0) is 19.4 Å². The first-order valence-corrected chi connectivity index (χ1v) is 8.53. The molecule has 0 bridgehead atoms. The van der Waals surface area contributed by atoms with Crippen LogP contribution >= 0.6 is 11.3 Å². The molecule has 0 aliphatic heterocycles. The van der Waals surface area contributed by atoms with Gasteiger partial charge in [0.2, 0.25) is 5.91 Å². The molecule has 0 fully saturated rings. The number of thiazole rings is 1. The molecule has 0 aliphatic rings. The number of amides is 1. The van der Waals surface area contributed by atoms with Crippen LogP contribution in [0.25, 0.3) is 6.08 Å². The number of carbonyl (C=O) groups is 2. The quantitative estimate of drug-likeness (QED) is 0.371. The zero-order chi connectivity index (χ0) is 17.1. The molecule has 0 aliphatic carbocycles. The average Bonchev–Trinajstić information content (AvgIpc) is 3.07. The summed E-state index contributed by atoms with van der Waals surface area (Å²) in [5, 5.41) is 1.86. The molecule has 1 amide bonds. The number of aromatic nitrogens is 1. The second-order valence-corrected chi connectivity index (χ2v) is 5.72. The lowest BCUT2D eigenvalue weighted by Gasteiger charge is -2.23. The molecule has 128 valence electrons. The van der Waals surface area contributed by atoms with Gasteiger partial charge in [-0.1, -0.05) is 6.92 Å². The van der Waals surface area contributed by atoms with E-state index in [9.17, 15) is 9.59 Å². The third-order valence-corrected chi connectivity index (χ3v) is 3.78. The van der Waals surface area contributed by atoms with Crippen molar-refractivity contribution >= 4 is 29.3 Å². The number of carbonyl (C=O) groups excluding carboxylic acids is 2. The maximum atomic E-state index is 12.4. The number of methoxy groups -OCH3 is 1. The van der Waals surface area contributed by atoms with Gasteiger partial charge in [0.15, 0.2) is 0 Å². The van der Waals surface area contributed by atoms with Crippen molar-refractivity contribution in [3.05, 3.63) is 22.7 Å². The van der Waals surface area contributed by atoms with Crippen molar-refractivity contribution in [1.82, 2.24) is 9.88 Å². The van der Waals surface area contributed by atoms with E-state index in [0.717, 1.165) is 12.1 Å². The fourth-order valence-electron chi connectivity index (χ4n) is 1.97. The zero-order valence-corrected chi connectivity index (χ0v) is 14.7. The van der Waals surface area contributed by atoms with E-state index in [2.05, 4.69) is 4.98 Å². The molecule has 1 aromatic rings. The van der Waals surface area contributed by atoms with E-state index >= 15 is 0 Å². The molecule has 0 radical (unpaired) electrons. The predicted octanol–water partition coefficient (Wildman–Crippen LogP) is 2.22. The summed E-state index contributed by atoms with van der Waals surface area (Å²) in [4.78, 5) is 29.7. The van der Waals surface area contributed by atoms with E-state index < -0.39 is 0 Å². The molecule has 7 heteroatoms. The van der Waals surface area contributed by atoms with Gasteiger partial charge < -0.3 is 14.4 Å². The van der Waals surface area contributed by atoms with Crippen molar-refractivity contribution in [1.29, 1.82) is 0 Å².